The van der Waals surface area contributed by atoms with E-state index in [1.54, 1.807) is 0 Å². The van der Waals surface area contributed by atoms with Gasteiger partial charge in [-0.1, -0.05) is 296 Å². The number of aliphatic hydroxyl groups excluding tert-OH is 1. The van der Waals surface area contributed by atoms with Gasteiger partial charge in [-0.05, 0) is 12.8 Å². The van der Waals surface area contributed by atoms with Gasteiger partial charge in [-0.3, -0.25) is 13.8 Å². The number of unbranched alkanes of at least 4 members (excludes halogenated alkanes) is 43. The molecule has 0 fully saturated rings. The van der Waals surface area contributed by atoms with E-state index in [1.165, 1.54) is 250 Å². The maximum absolute atomic E-state index is 13.0. The normalized spacial score (nSPS) is 13.8. The zero-order chi connectivity index (χ0) is 49.2. The number of nitrogens with zero attached hydrogens (tertiary/aromatic N) is 1. The molecule has 0 heterocycles. The molecule has 0 saturated carbocycles. The molecule has 67 heavy (non-hydrogen) atoms. The fourth-order valence-electron chi connectivity index (χ4n) is 9.40. The molecule has 0 bridgehead atoms. The summed E-state index contributed by atoms with van der Waals surface area (Å²) in [5, 5.41) is 14.1. The molecule has 0 aromatic carbocycles. The summed E-state index contributed by atoms with van der Waals surface area (Å²) in [5.74, 6) is -0.136. The third-order valence-corrected chi connectivity index (χ3v) is 15.1. The van der Waals surface area contributed by atoms with Crippen LogP contribution in [0.1, 0.15) is 316 Å². The Morgan fingerprint density at radius 1 is 0.448 bits per heavy atom. The summed E-state index contributed by atoms with van der Waals surface area (Å²) in [6.45, 7) is 4.95. The van der Waals surface area contributed by atoms with Gasteiger partial charge >= 0.3 is 7.82 Å². The van der Waals surface area contributed by atoms with Crippen molar-refractivity contribution in [3.05, 3.63) is 0 Å². The Bertz CT molecular complexity index is 1060. The molecule has 0 radical (unpaired) electrons. The van der Waals surface area contributed by atoms with Crippen LogP contribution < -0.4 is 5.32 Å². The summed E-state index contributed by atoms with van der Waals surface area (Å²) in [6, 6.07) is -0.755. The monoisotopic (exact) mass is 972 g/mol. The Morgan fingerprint density at radius 2 is 0.716 bits per heavy atom. The molecule has 0 spiro atoms. The van der Waals surface area contributed by atoms with Crippen molar-refractivity contribution in [2.24, 2.45) is 0 Å². The van der Waals surface area contributed by atoms with Gasteiger partial charge in [-0.25, -0.2) is 4.57 Å². The number of phosphoric acid groups is 1. The molecule has 3 N–H and O–H groups in total. The smallest absolute Gasteiger partial charge is 0.391 e. The predicted octanol–water partition coefficient (Wildman–Crippen LogP) is 18.0. The second-order valence-electron chi connectivity index (χ2n) is 22.1. The molecule has 0 saturated heterocycles. The van der Waals surface area contributed by atoms with Gasteiger partial charge in [0.2, 0.25) is 5.91 Å². The summed E-state index contributed by atoms with van der Waals surface area (Å²) in [6.07, 6.45) is 60.2. The zero-order valence-electron chi connectivity index (χ0n) is 45.9. The topological polar surface area (TPSA) is 105 Å². The standard InChI is InChI=1S/C58H119N2O6P/c1-6-8-10-12-14-16-18-20-22-24-25-26-27-28-29-30-31-32-33-34-36-38-40-42-44-46-48-50-52-58(62)59-56(55-66-67(63,64)65-54-53-60(3,4)5)57(61)51-49-47-45-43-41-39-37-35-23-21-19-17-15-13-11-9-7-2/h56-57,61H,6-55H2,1-5H3,(H-,59,62,63,64)/p+1. The third kappa shape index (κ3) is 53.1. The predicted molar refractivity (Wildman–Crippen MR) is 291 cm³/mol. The minimum absolute atomic E-state index is 0.0791. The molecule has 0 aromatic rings. The number of hydrogen-bond acceptors (Lipinski definition) is 5. The maximum atomic E-state index is 13.0. The molecule has 1 amide bonds. The van der Waals surface area contributed by atoms with Gasteiger partial charge in [0, 0.05) is 6.42 Å². The molecule has 0 aromatic heterocycles. The first-order chi connectivity index (χ1) is 32.5. The van der Waals surface area contributed by atoms with Crippen LogP contribution in [-0.2, 0) is 18.4 Å². The molecular weight excluding hydrogens is 852 g/mol. The number of quaternary nitrogens is 1. The van der Waals surface area contributed by atoms with Crippen LogP contribution in [0.2, 0.25) is 0 Å². The fourth-order valence-corrected chi connectivity index (χ4v) is 10.1. The number of rotatable bonds is 56. The Labute approximate surface area is 419 Å². The van der Waals surface area contributed by atoms with Crippen molar-refractivity contribution in [1.82, 2.24) is 5.32 Å². The van der Waals surface area contributed by atoms with Crippen molar-refractivity contribution in [3.8, 4) is 0 Å². The first-order valence-electron chi connectivity index (χ1n) is 29.9. The number of nitrogens with one attached hydrogen (secondary N) is 1. The van der Waals surface area contributed by atoms with Crippen LogP contribution in [0.4, 0.5) is 0 Å². The van der Waals surface area contributed by atoms with Crippen molar-refractivity contribution in [3.63, 3.8) is 0 Å². The van der Waals surface area contributed by atoms with Gasteiger partial charge in [0.25, 0.3) is 0 Å². The zero-order valence-corrected chi connectivity index (χ0v) is 46.8. The largest absolute Gasteiger partial charge is 0.472 e. The third-order valence-electron chi connectivity index (χ3n) is 14.1. The van der Waals surface area contributed by atoms with Gasteiger partial charge in [0.05, 0.1) is 39.9 Å². The quantitative estimate of drug-likeness (QED) is 0.0319. The highest BCUT2D eigenvalue weighted by Gasteiger charge is 2.28. The molecule has 402 valence electrons. The van der Waals surface area contributed by atoms with Crippen molar-refractivity contribution >= 4 is 13.7 Å². The minimum Gasteiger partial charge on any atom is -0.391 e. The van der Waals surface area contributed by atoms with E-state index in [0.29, 0.717) is 23.9 Å². The van der Waals surface area contributed by atoms with Crippen LogP contribution >= 0.6 is 7.82 Å². The van der Waals surface area contributed by atoms with E-state index in [4.69, 9.17) is 9.05 Å². The lowest BCUT2D eigenvalue weighted by atomic mass is 10.0. The summed E-state index contributed by atoms with van der Waals surface area (Å²) in [5.41, 5.74) is 0. The van der Waals surface area contributed by atoms with Crippen molar-refractivity contribution in [2.75, 3.05) is 40.9 Å². The van der Waals surface area contributed by atoms with E-state index < -0.39 is 20.0 Å². The highest BCUT2D eigenvalue weighted by Crippen LogP contribution is 2.43. The van der Waals surface area contributed by atoms with Crippen LogP contribution in [0.15, 0.2) is 0 Å². The summed E-state index contributed by atoms with van der Waals surface area (Å²) >= 11 is 0. The highest BCUT2D eigenvalue weighted by molar-refractivity contribution is 7.47. The molecule has 0 rings (SSSR count). The fraction of sp³-hybridized carbons (Fsp3) is 0.983. The number of phosphoric ester groups is 1. The van der Waals surface area contributed by atoms with E-state index in [0.717, 1.165) is 38.5 Å². The molecule has 0 aliphatic heterocycles. The van der Waals surface area contributed by atoms with Gasteiger partial charge in [-0.2, -0.15) is 0 Å². The first kappa shape index (κ1) is 66.5. The van der Waals surface area contributed by atoms with Gasteiger partial charge in [0.1, 0.15) is 13.2 Å². The lowest BCUT2D eigenvalue weighted by molar-refractivity contribution is -0.870. The van der Waals surface area contributed by atoms with Gasteiger partial charge in [-0.15, -0.1) is 0 Å². The second kappa shape index (κ2) is 50.4. The lowest BCUT2D eigenvalue weighted by Crippen LogP contribution is -2.46. The van der Waals surface area contributed by atoms with Crippen LogP contribution in [0.5, 0.6) is 0 Å². The highest BCUT2D eigenvalue weighted by atomic mass is 31.2. The number of amides is 1. The number of carbonyl (C=O) groups excluding carboxylic acids is 1. The number of aliphatic hydroxyl groups is 1. The molecule has 3 unspecified atom stereocenters. The average molecular weight is 973 g/mol. The molecule has 8 nitrogen and oxygen atoms in total. The molecule has 9 heteroatoms. The first-order valence-corrected chi connectivity index (χ1v) is 31.4. The molecule has 0 aliphatic carbocycles. The van der Waals surface area contributed by atoms with Crippen molar-refractivity contribution in [2.45, 2.75) is 328 Å². The average Bonchev–Trinajstić information content (AvgIpc) is 3.29. The van der Waals surface area contributed by atoms with E-state index in [9.17, 15) is 19.4 Å². The van der Waals surface area contributed by atoms with E-state index in [1.807, 2.05) is 21.1 Å². The maximum Gasteiger partial charge on any atom is 0.472 e. The molecule has 0 aliphatic rings. The molecular formula is C58H120N2O6P+. The number of carbonyl (C=O) groups is 1. The van der Waals surface area contributed by atoms with Gasteiger partial charge < -0.3 is 19.8 Å². The number of hydrogen-bond donors (Lipinski definition) is 3. The summed E-state index contributed by atoms with van der Waals surface area (Å²) < 4.78 is 23.8. The van der Waals surface area contributed by atoms with Crippen LogP contribution in [-0.4, -0.2) is 73.4 Å². The second-order valence-corrected chi connectivity index (χ2v) is 23.5. The Balaban J connectivity index is 4.04. The Morgan fingerprint density at radius 3 is 1.00 bits per heavy atom. The van der Waals surface area contributed by atoms with Crippen LogP contribution in [0, 0.1) is 0 Å². The van der Waals surface area contributed by atoms with Crippen LogP contribution in [0.3, 0.4) is 0 Å². The van der Waals surface area contributed by atoms with E-state index >= 15 is 0 Å². The lowest BCUT2D eigenvalue weighted by Gasteiger charge is -2.26. The van der Waals surface area contributed by atoms with Crippen molar-refractivity contribution < 1.29 is 32.9 Å². The SMILES string of the molecule is CCCCCCCCCCCCCCCCCCCCCCCCCCCCCCC(=O)NC(COP(=O)(O)OCC[N+](C)(C)C)C(O)CCCCCCCCCCCCCCCCCCC. The van der Waals surface area contributed by atoms with E-state index in [-0.39, 0.29) is 19.1 Å². The van der Waals surface area contributed by atoms with E-state index in [2.05, 4.69) is 19.2 Å². The Kier molecular flexibility index (Phi) is 50.1. The minimum atomic E-state index is -4.32. The van der Waals surface area contributed by atoms with Crippen molar-refractivity contribution in [1.29, 1.82) is 0 Å². The Hall–Kier alpha value is -0.500. The summed E-state index contributed by atoms with van der Waals surface area (Å²) in [7, 11) is 1.64. The summed E-state index contributed by atoms with van der Waals surface area (Å²) in [4.78, 5) is 23.3. The van der Waals surface area contributed by atoms with Crippen LogP contribution in [0.25, 0.3) is 0 Å². The van der Waals surface area contributed by atoms with Gasteiger partial charge in [0.15, 0.2) is 0 Å². The molecule has 3 atom stereocenters. The number of likely N-dealkylation sites (N-methyl/N-ethyl adjacent to an activating group) is 1.